The van der Waals surface area contributed by atoms with E-state index in [9.17, 15) is 9.18 Å². The van der Waals surface area contributed by atoms with Crippen LogP contribution in [0.2, 0.25) is 5.02 Å². The van der Waals surface area contributed by atoms with Crippen LogP contribution in [-0.4, -0.2) is 48.4 Å². The molecule has 0 atom stereocenters. The molecule has 21 heavy (non-hydrogen) atoms. The Morgan fingerprint density at radius 1 is 1.24 bits per heavy atom. The highest BCUT2D eigenvalue weighted by Crippen LogP contribution is 2.21. The van der Waals surface area contributed by atoms with Gasteiger partial charge in [0.05, 0.1) is 6.54 Å². The van der Waals surface area contributed by atoms with Gasteiger partial charge in [-0.3, -0.25) is 9.69 Å². The summed E-state index contributed by atoms with van der Waals surface area (Å²) in [6.07, 6.45) is 0. The molecule has 1 saturated heterocycles. The van der Waals surface area contributed by atoms with E-state index >= 15 is 0 Å². The first kappa shape index (κ1) is 20.4. The summed E-state index contributed by atoms with van der Waals surface area (Å²) in [6.45, 7) is 3.17. The molecule has 0 bridgehead atoms. The normalized spacial score (nSPS) is 15.1. The summed E-state index contributed by atoms with van der Waals surface area (Å²) >= 11 is 6.00. The van der Waals surface area contributed by atoms with Crippen LogP contribution in [0.3, 0.4) is 0 Å². The van der Waals surface area contributed by atoms with Crippen LogP contribution in [0.15, 0.2) is 18.2 Å². The van der Waals surface area contributed by atoms with Crippen molar-refractivity contribution < 1.29 is 9.18 Å². The van der Waals surface area contributed by atoms with E-state index < -0.39 is 0 Å². The Hall–Kier alpha value is -0.590. The van der Waals surface area contributed by atoms with Crippen LogP contribution in [0, 0.1) is 5.82 Å². The largest absolute Gasteiger partial charge is 0.339 e. The summed E-state index contributed by atoms with van der Waals surface area (Å²) in [5.41, 5.74) is 5.85. The second-order valence-corrected chi connectivity index (χ2v) is 4.97. The maximum atomic E-state index is 13.7. The standard InChI is InChI=1S/C13H17ClFN3O.2ClH/c14-11-2-1-3-12(15)10(11)9-17-4-6-18(7-5-17)13(19)8-16;;/h1-3H,4-9,16H2;2*1H. The van der Waals surface area contributed by atoms with Crippen molar-refractivity contribution in [2.24, 2.45) is 5.73 Å². The van der Waals surface area contributed by atoms with Crippen molar-refractivity contribution in [2.45, 2.75) is 6.54 Å². The minimum atomic E-state index is -0.284. The van der Waals surface area contributed by atoms with Crippen LogP contribution < -0.4 is 5.73 Å². The third kappa shape index (κ3) is 5.27. The molecule has 120 valence electrons. The molecule has 8 heteroatoms. The highest BCUT2D eigenvalue weighted by atomic mass is 35.5. The SMILES string of the molecule is Cl.Cl.NCC(=O)N1CCN(Cc2c(F)cccc2Cl)CC1. The van der Waals surface area contributed by atoms with Gasteiger partial charge in [0.15, 0.2) is 0 Å². The molecule has 1 aromatic rings. The smallest absolute Gasteiger partial charge is 0.236 e. The number of halogens is 4. The number of hydrogen-bond donors (Lipinski definition) is 1. The van der Waals surface area contributed by atoms with E-state index in [1.165, 1.54) is 6.07 Å². The van der Waals surface area contributed by atoms with Gasteiger partial charge in [-0.1, -0.05) is 17.7 Å². The highest BCUT2D eigenvalue weighted by Gasteiger charge is 2.21. The first-order valence-electron chi connectivity index (χ1n) is 6.25. The molecule has 0 aromatic heterocycles. The van der Waals surface area contributed by atoms with Gasteiger partial charge in [0, 0.05) is 43.3 Å². The lowest BCUT2D eigenvalue weighted by molar-refractivity contribution is -0.131. The molecule has 0 saturated carbocycles. The molecule has 1 aromatic carbocycles. The predicted molar refractivity (Wildman–Crippen MR) is 86.8 cm³/mol. The summed E-state index contributed by atoms with van der Waals surface area (Å²) in [4.78, 5) is 15.3. The van der Waals surface area contributed by atoms with Crippen LogP contribution in [0.5, 0.6) is 0 Å². The minimum absolute atomic E-state index is 0. The van der Waals surface area contributed by atoms with E-state index in [1.807, 2.05) is 0 Å². The Kier molecular flexibility index (Phi) is 9.17. The van der Waals surface area contributed by atoms with Crippen molar-refractivity contribution >= 4 is 42.3 Å². The third-order valence-corrected chi connectivity index (χ3v) is 3.70. The van der Waals surface area contributed by atoms with E-state index in [0.717, 1.165) is 0 Å². The zero-order valence-electron chi connectivity index (χ0n) is 11.4. The van der Waals surface area contributed by atoms with E-state index in [2.05, 4.69) is 4.90 Å². The van der Waals surface area contributed by atoms with Crippen molar-refractivity contribution in [2.75, 3.05) is 32.7 Å². The Bertz CT molecular complexity index is 448. The van der Waals surface area contributed by atoms with Gasteiger partial charge in [-0.25, -0.2) is 4.39 Å². The minimum Gasteiger partial charge on any atom is -0.339 e. The number of carbonyl (C=O) groups is 1. The molecular formula is C13H19Cl3FN3O. The number of nitrogens with zero attached hydrogens (tertiary/aromatic N) is 2. The van der Waals surface area contributed by atoms with E-state index in [4.69, 9.17) is 17.3 Å². The molecule has 1 fully saturated rings. The maximum absolute atomic E-state index is 13.7. The summed E-state index contributed by atoms with van der Waals surface area (Å²) in [5.74, 6) is -0.323. The highest BCUT2D eigenvalue weighted by molar-refractivity contribution is 6.31. The van der Waals surface area contributed by atoms with Crippen molar-refractivity contribution in [3.8, 4) is 0 Å². The topological polar surface area (TPSA) is 49.6 Å². The van der Waals surface area contributed by atoms with Crippen molar-refractivity contribution in [3.05, 3.63) is 34.6 Å². The molecule has 0 aliphatic carbocycles. The third-order valence-electron chi connectivity index (χ3n) is 3.34. The second-order valence-electron chi connectivity index (χ2n) is 4.56. The van der Waals surface area contributed by atoms with Gasteiger partial charge >= 0.3 is 0 Å². The Morgan fingerprint density at radius 2 is 1.86 bits per heavy atom. The molecular weight excluding hydrogens is 340 g/mol. The van der Waals surface area contributed by atoms with Gasteiger partial charge in [0.25, 0.3) is 0 Å². The van der Waals surface area contributed by atoms with Gasteiger partial charge < -0.3 is 10.6 Å². The van der Waals surface area contributed by atoms with Crippen LogP contribution in [0.25, 0.3) is 0 Å². The van der Waals surface area contributed by atoms with Crippen LogP contribution in [0.1, 0.15) is 5.56 Å². The molecule has 2 rings (SSSR count). The number of nitrogens with two attached hydrogens (primary N) is 1. The van der Waals surface area contributed by atoms with E-state index in [1.54, 1.807) is 17.0 Å². The van der Waals surface area contributed by atoms with Gasteiger partial charge in [-0.05, 0) is 12.1 Å². The lowest BCUT2D eigenvalue weighted by Crippen LogP contribution is -2.49. The summed E-state index contributed by atoms with van der Waals surface area (Å²) in [6, 6.07) is 4.70. The number of carbonyl (C=O) groups excluding carboxylic acids is 1. The molecule has 2 N–H and O–H groups in total. The molecule has 0 radical (unpaired) electrons. The average molecular weight is 359 g/mol. The number of benzene rings is 1. The summed E-state index contributed by atoms with van der Waals surface area (Å²) in [5, 5.41) is 0.445. The maximum Gasteiger partial charge on any atom is 0.236 e. The Labute approximate surface area is 141 Å². The number of piperazine rings is 1. The molecule has 1 aliphatic heterocycles. The van der Waals surface area contributed by atoms with Crippen LogP contribution in [0.4, 0.5) is 4.39 Å². The lowest BCUT2D eigenvalue weighted by Gasteiger charge is -2.34. The van der Waals surface area contributed by atoms with Gasteiger partial charge in [-0.15, -0.1) is 24.8 Å². The fraction of sp³-hybridized carbons (Fsp3) is 0.462. The fourth-order valence-corrected chi connectivity index (χ4v) is 2.41. The molecule has 1 aliphatic rings. The van der Waals surface area contributed by atoms with Gasteiger partial charge in [0.2, 0.25) is 5.91 Å². The van der Waals surface area contributed by atoms with Crippen LogP contribution in [-0.2, 0) is 11.3 Å². The van der Waals surface area contributed by atoms with Crippen LogP contribution >= 0.6 is 36.4 Å². The van der Waals surface area contributed by atoms with E-state index in [-0.39, 0.29) is 43.1 Å². The molecule has 4 nitrogen and oxygen atoms in total. The molecule has 0 unspecified atom stereocenters. The predicted octanol–water partition coefficient (Wildman–Crippen LogP) is 1.93. The number of rotatable bonds is 3. The Balaban J connectivity index is 0.00000200. The van der Waals surface area contributed by atoms with Crippen molar-refractivity contribution in [1.82, 2.24) is 9.80 Å². The number of amides is 1. The zero-order chi connectivity index (χ0) is 13.8. The average Bonchev–Trinajstić information content (AvgIpc) is 2.43. The first-order chi connectivity index (χ1) is 9.11. The van der Waals surface area contributed by atoms with Crippen molar-refractivity contribution in [3.63, 3.8) is 0 Å². The molecule has 1 amide bonds. The molecule has 1 heterocycles. The quantitative estimate of drug-likeness (QED) is 0.898. The summed E-state index contributed by atoms with van der Waals surface area (Å²) in [7, 11) is 0. The second kappa shape index (κ2) is 9.43. The fourth-order valence-electron chi connectivity index (χ4n) is 2.19. The first-order valence-corrected chi connectivity index (χ1v) is 6.62. The zero-order valence-corrected chi connectivity index (χ0v) is 13.8. The van der Waals surface area contributed by atoms with Gasteiger partial charge in [-0.2, -0.15) is 0 Å². The Morgan fingerprint density at radius 3 is 2.38 bits per heavy atom. The van der Waals surface area contributed by atoms with Gasteiger partial charge in [0.1, 0.15) is 5.82 Å². The summed E-state index contributed by atoms with van der Waals surface area (Å²) < 4.78 is 13.7. The molecule has 0 spiro atoms. The monoisotopic (exact) mass is 357 g/mol. The van der Waals surface area contributed by atoms with Crippen molar-refractivity contribution in [1.29, 1.82) is 0 Å². The number of hydrogen-bond acceptors (Lipinski definition) is 3. The van der Waals surface area contributed by atoms with E-state index in [0.29, 0.717) is 43.3 Å². The lowest BCUT2D eigenvalue weighted by atomic mass is 10.2.